The number of ether oxygens (including phenoxy) is 1. The van der Waals surface area contributed by atoms with E-state index in [1.54, 1.807) is 0 Å². The first kappa shape index (κ1) is 13.1. The SMILES string of the molecule is Nc1cc(N)cc(C(=O)OCCC(F)(F)F)c1. The van der Waals surface area contributed by atoms with E-state index in [0.717, 1.165) is 0 Å². The molecule has 0 atom stereocenters. The van der Waals surface area contributed by atoms with Gasteiger partial charge in [-0.05, 0) is 18.2 Å². The number of carbonyl (C=O) groups excluding carboxylic acids is 1. The zero-order valence-electron chi connectivity index (χ0n) is 8.75. The van der Waals surface area contributed by atoms with Crippen molar-refractivity contribution < 1.29 is 22.7 Å². The van der Waals surface area contributed by atoms with Crippen molar-refractivity contribution in [1.29, 1.82) is 0 Å². The average Bonchev–Trinajstić information content (AvgIpc) is 2.13. The molecule has 0 aliphatic heterocycles. The van der Waals surface area contributed by atoms with Gasteiger partial charge in [-0.15, -0.1) is 0 Å². The summed E-state index contributed by atoms with van der Waals surface area (Å²) in [5.74, 6) is -0.881. The fourth-order valence-electron chi connectivity index (χ4n) is 1.14. The first-order valence-corrected chi connectivity index (χ1v) is 4.68. The van der Waals surface area contributed by atoms with Gasteiger partial charge in [0, 0.05) is 11.4 Å². The second-order valence-electron chi connectivity index (χ2n) is 3.39. The Labute approximate surface area is 95.3 Å². The summed E-state index contributed by atoms with van der Waals surface area (Å²) in [4.78, 5) is 11.3. The van der Waals surface area contributed by atoms with Crippen LogP contribution in [0.1, 0.15) is 16.8 Å². The average molecular weight is 248 g/mol. The molecule has 0 spiro atoms. The number of hydrogen-bond donors (Lipinski definition) is 2. The Kier molecular flexibility index (Phi) is 3.82. The second-order valence-corrected chi connectivity index (χ2v) is 3.39. The highest BCUT2D eigenvalue weighted by Crippen LogP contribution is 2.20. The maximum atomic E-state index is 11.8. The minimum atomic E-state index is -4.35. The molecule has 17 heavy (non-hydrogen) atoms. The van der Waals surface area contributed by atoms with Crippen molar-refractivity contribution in [1.82, 2.24) is 0 Å². The third-order valence-corrected chi connectivity index (χ3v) is 1.83. The molecule has 0 saturated heterocycles. The normalized spacial score (nSPS) is 11.2. The van der Waals surface area contributed by atoms with Crippen LogP contribution in [0.3, 0.4) is 0 Å². The van der Waals surface area contributed by atoms with E-state index >= 15 is 0 Å². The number of nitrogens with two attached hydrogens (primary N) is 2. The van der Waals surface area contributed by atoms with Gasteiger partial charge in [0.15, 0.2) is 0 Å². The zero-order valence-corrected chi connectivity index (χ0v) is 8.75. The van der Waals surface area contributed by atoms with Crippen LogP contribution in [-0.2, 0) is 4.74 Å². The third-order valence-electron chi connectivity index (χ3n) is 1.83. The van der Waals surface area contributed by atoms with Gasteiger partial charge in [-0.1, -0.05) is 0 Å². The molecule has 0 aliphatic carbocycles. The first-order chi connectivity index (χ1) is 7.78. The van der Waals surface area contributed by atoms with Gasteiger partial charge in [-0.3, -0.25) is 0 Å². The number of anilines is 2. The molecule has 0 unspecified atom stereocenters. The fourth-order valence-corrected chi connectivity index (χ4v) is 1.14. The number of esters is 1. The Morgan fingerprint density at radius 1 is 1.18 bits per heavy atom. The number of hydrogen-bond acceptors (Lipinski definition) is 4. The summed E-state index contributed by atoms with van der Waals surface area (Å²) in [7, 11) is 0. The largest absolute Gasteiger partial charge is 0.462 e. The fraction of sp³-hybridized carbons (Fsp3) is 0.300. The molecule has 0 saturated carbocycles. The number of carbonyl (C=O) groups is 1. The molecule has 0 bridgehead atoms. The van der Waals surface area contributed by atoms with Crippen LogP contribution in [0.2, 0.25) is 0 Å². The molecule has 0 aliphatic rings. The minimum Gasteiger partial charge on any atom is -0.462 e. The zero-order chi connectivity index (χ0) is 13.1. The van der Waals surface area contributed by atoms with Gasteiger partial charge < -0.3 is 16.2 Å². The van der Waals surface area contributed by atoms with Gasteiger partial charge in [-0.2, -0.15) is 13.2 Å². The maximum absolute atomic E-state index is 11.8. The highest BCUT2D eigenvalue weighted by molar-refractivity contribution is 5.91. The van der Waals surface area contributed by atoms with E-state index in [2.05, 4.69) is 4.74 Å². The van der Waals surface area contributed by atoms with Gasteiger partial charge in [-0.25, -0.2) is 4.79 Å². The Hall–Kier alpha value is -1.92. The van der Waals surface area contributed by atoms with Crippen molar-refractivity contribution in [3.63, 3.8) is 0 Å². The minimum absolute atomic E-state index is 0.0321. The van der Waals surface area contributed by atoms with Gasteiger partial charge in [0.05, 0.1) is 12.0 Å². The molecular formula is C10H11F3N2O2. The maximum Gasteiger partial charge on any atom is 0.392 e. The van der Waals surface area contributed by atoms with E-state index in [1.807, 2.05) is 0 Å². The number of rotatable bonds is 3. The lowest BCUT2D eigenvalue weighted by atomic mass is 10.2. The standard InChI is InChI=1S/C10H11F3N2O2/c11-10(12,13)1-2-17-9(16)6-3-7(14)5-8(15)4-6/h3-5H,1-2,14-15H2. The molecular weight excluding hydrogens is 237 g/mol. The highest BCUT2D eigenvalue weighted by atomic mass is 19.4. The summed E-state index contributed by atoms with van der Waals surface area (Å²) < 4.78 is 39.9. The van der Waals surface area contributed by atoms with Crippen LogP contribution in [0, 0.1) is 0 Å². The Balaban J connectivity index is 2.58. The lowest BCUT2D eigenvalue weighted by Crippen LogP contribution is -2.15. The van der Waals surface area contributed by atoms with Crippen molar-refractivity contribution >= 4 is 17.3 Å². The number of halogens is 3. The topological polar surface area (TPSA) is 78.3 Å². The van der Waals surface area contributed by atoms with Crippen LogP contribution in [-0.4, -0.2) is 18.8 Å². The molecule has 4 N–H and O–H groups in total. The van der Waals surface area contributed by atoms with E-state index in [4.69, 9.17) is 11.5 Å². The molecule has 0 amide bonds. The van der Waals surface area contributed by atoms with Crippen molar-refractivity contribution in [3.05, 3.63) is 23.8 Å². The second kappa shape index (κ2) is 4.94. The van der Waals surface area contributed by atoms with Crippen LogP contribution in [0.5, 0.6) is 0 Å². The molecule has 1 aromatic carbocycles. The molecule has 0 radical (unpaired) electrons. The van der Waals surface area contributed by atoms with E-state index in [-0.39, 0.29) is 16.9 Å². The number of nitrogen functional groups attached to an aromatic ring is 2. The van der Waals surface area contributed by atoms with E-state index in [0.29, 0.717) is 0 Å². The van der Waals surface area contributed by atoms with E-state index in [9.17, 15) is 18.0 Å². The van der Waals surface area contributed by atoms with Gasteiger partial charge in [0.25, 0.3) is 0 Å². The molecule has 0 fully saturated rings. The molecule has 0 heterocycles. The molecule has 0 aromatic heterocycles. The molecule has 4 nitrogen and oxygen atoms in total. The first-order valence-electron chi connectivity index (χ1n) is 4.68. The van der Waals surface area contributed by atoms with Gasteiger partial charge in [0.1, 0.15) is 6.61 Å². The molecule has 1 rings (SSSR count). The van der Waals surface area contributed by atoms with Crippen LogP contribution >= 0.6 is 0 Å². The van der Waals surface area contributed by atoms with E-state index in [1.165, 1.54) is 18.2 Å². The third kappa shape index (κ3) is 4.62. The Bertz CT molecular complexity index is 398. The molecule has 94 valence electrons. The Morgan fingerprint density at radius 2 is 1.71 bits per heavy atom. The van der Waals surface area contributed by atoms with Gasteiger partial charge >= 0.3 is 12.1 Å². The number of alkyl halides is 3. The predicted octanol–water partition coefficient (Wildman–Crippen LogP) is 1.96. The lowest BCUT2D eigenvalue weighted by molar-refractivity contribution is -0.141. The van der Waals surface area contributed by atoms with Crippen molar-refractivity contribution in [2.24, 2.45) is 0 Å². The smallest absolute Gasteiger partial charge is 0.392 e. The summed E-state index contributed by atoms with van der Waals surface area (Å²) in [5.41, 5.74) is 11.4. The quantitative estimate of drug-likeness (QED) is 0.633. The van der Waals surface area contributed by atoms with Gasteiger partial charge in [0.2, 0.25) is 0 Å². The summed E-state index contributed by atoms with van der Waals surface area (Å²) in [6.45, 7) is -0.725. The lowest BCUT2D eigenvalue weighted by Gasteiger charge is -2.08. The summed E-state index contributed by atoms with van der Waals surface area (Å²) in [5, 5.41) is 0. The van der Waals surface area contributed by atoms with Crippen LogP contribution in [0.25, 0.3) is 0 Å². The van der Waals surface area contributed by atoms with Crippen LogP contribution < -0.4 is 11.5 Å². The summed E-state index contributed by atoms with van der Waals surface area (Å²) >= 11 is 0. The summed E-state index contributed by atoms with van der Waals surface area (Å²) in [6.07, 6.45) is -5.54. The predicted molar refractivity (Wildman–Crippen MR) is 56.2 cm³/mol. The summed E-state index contributed by atoms with van der Waals surface area (Å²) in [6, 6.07) is 3.99. The van der Waals surface area contributed by atoms with Crippen molar-refractivity contribution in [2.45, 2.75) is 12.6 Å². The molecule has 7 heteroatoms. The highest BCUT2D eigenvalue weighted by Gasteiger charge is 2.27. The van der Waals surface area contributed by atoms with Crippen molar-refractivity contribution in [3.8, 4) is 0 Å². The molecule has 1 aromatic rings. The van der Waals surface area contributed by atoms with Crippen LogP contribution in [0.4, 0.5) is 24.5 Å². The Morgan fingerprint density at radius 3 is 2.18 bits per heavy atom. The van der Waals surface area contributed by atoms with Crippen molar-refractivity contribution in [2.75, 3.05) is 18.1 Å². The monoisotopic (exact) mass is 248 g/mol. The van der Waals surface area contributed by atoms with E-state index < -0.39 is 25.2 Å². The number of benzene rings is 1. The van der Waals surface area contributed by atoms with Crippen LogP contribution in [0.15, 0.2) is 18.2 Å².